The van der Waals surface area contributed by atoms with E-state index in [0.717, 1.165) is 11.1 Å². The lowest BCUT2D eigenvalue weighted by atomic mass is 10.1. The molecule has 120 valence electrons. The highest BCUT2D eigenvalue weighted by Gasteiger charge is 2.19. The van der Waals surface area contributed by atoms with Gasteiger partial charge in [0.1, 0.15) is 5.82 Å². The van der Waals surface area contributed by atoms with E-state index in [0.29, 0.717) is 22.9 Å². The van der Waals surface area contributed by atoms with Crippen LogP contribution in [-0.4, -0.2) is 10.9 Å². The van der Waals surface area contributed by atoms with Crippen LogP contribution in [-0.2, 0) is 6.54 Å². The van der Waals surface area contributed by atoms with Gasteiger partial charge in [0, 0.05) is 16.8 Å². The minimum atomic E-state index is -0.0765. The van der Waals surface area contributed by atoms with E-state index in [1.54, 1.807) is 11.1 Å². The number of pyridine rings is 1. The summed E-state index contributed by atoms with van der Waals surface area (Å²) < 4.78 is 0. The molecule has 0 aliphatic rings. The smallest absolute Gasteiger partial charge is 0.259 e. The second kappa shape index (κ2) is 7.28. The number of carbonyl (C=O) groups excluding carboxylic acids is 1. The molecule has 0 aliphatic heterocycles. The maximum atomic E-state index is 13.0. The number of halogens is 1. The van der Waals surface area contributed by atoms with Crippen LogP contribution in [0.5, 0.6) is 0 Å². The molecule has 0 aliphatic carbocycles. The van der Waals surface area contributed by atoms with Crippen molar-refractivity contribution in [3.8, 4) is 0 Å². The maximum Gasteiger partial charge on any atom is 0.259 e. The zero-order valence-electron chi connectivity index (χ0n) is 13.3. The molecule has 0 saturated carbocycles. The van der Waals surface area contributed by atoms with Crippen molar-refractivity contribution in [1.29, 1.82) is 0 Å². The average molecular weight is 337 g/mol. The first-order chi connectivity index (χ1) is 11.6. The van der Waals surface area contributed by atoms with E-state index in [9.17, 15) is 4.79 Å². The van der Waals surface area contributed by atoms with Crippen molar-refractivity contribution >= 4 is 23.3 Å². The highest BCUT2D eigenvalue weighted by molar-refractivity contribution is 6.30. The summed E-state index contributed by atoms with van der Waals surface area (Å²) in [6, 6.07) is 20.6. The Kier molecular flexibility index (Phi) is 4.92. The fraction of sp³-hybridized carbons (Fsp3) is 0.100. The van der Waals surface area contributed by atoms with Crippen molar-refractivity contribution in [1.82, 2.24) is 4.98 Å². The minimum Gasteiger partial charge on any atom is -0.288 e. The fourth-order valence-electron chi connectivity index (χ4n) is 2.48. The van der Waals surface area contributed by atoms with Crippen LogP contribution < -0.4 is 4.90 Å². The Labute approximate surface area is 146 Å². The molecule has 0 spiro atoms. The average Bonchev–Trinajstić information content (AvgIpc) is 2.61. The summed E-state index contributed by atoms with van der Waals surface area (Å²) >= 11 is 5.95. The van der Waals surface area contributed by atoms with Gasteiger partial charge < -0.3 is 0 Å². The highest BCUT2D eigenvalue weighted by Crippen LogP contribution is 2.19. The predicted molar refractivity (Wildman–Crippen MR) is 97.4 cm³/mol. The van der Waals surface area contributed by atoms with Gasteiger partial charge in [0.05, 0.1) is 6.54 Å². The van der Waals surface area contributed by atoms with E-state index >= 15 is 0 Å². The summed E-state index contributed by atoms with van der Waals surface area (Å²) in [6.45, 7) is 2.40. The number of anilines is 1. The maximum absolute atomic E-state index is 13.0. The second-order valence-corrected chi connectivity index (χ2v) is 6.01. The third-order valence-corrected chi connectivity index (χ3v) is 3.94. The summed E-state index contributed by atoms with van der Waals surface area (Å²) in [4.78, 5) is 19.0. The first-order valence-electron chi connectivity index (χ1n) is 7.67. The molecule has 0 atom stereocenters. The Morgan fingerprint density at radius 1 is 1.04 bits per heavy atom. The van der Waals surface area contributed by atoms with E-state index in [1.807, 2.05) is 73.7 Å². The number of aromatic nitrogens is 1. The van der Waals surface area contributed by atoms with E-state index in [-0.39, 0.29) is 5.91 Å². The van der Waals surface area contributed by atoms with Crippen molar-refractivity contribution in [2.45, 2.75) is 13.5 Å². The lowest BCUT2D eigenvalue weighted by Crippen LogP contribution is -2.31. The van der Waals surface area contributed by atoms with Crippen molar-refractivity contribution in [2.24, 2.45) is 0 Å². The van der Waals surface area contributed by atoms with Crippen LogP contribution in [0.3, 0.4) is 0 Å². The van der Waals surface area contributed by atoms with Crippen molar-refractivity contribution in [3.63, 3.8) is 0 Å². The molecule has 1 amide bonds. The Hall–Kier alpha value is -2.65. The Morgan fingerprint density at radius 2 is 1.83 bits per heavy atom. The van der Waals surface area contributed by atoms with Crippen LogP contribution in [0.15, 0.2) is 72.9 Å². The molecule has 3 aromatic rings. The summed E-state index contributed by atoms with van der Waals surface area (Å²) in [6.07, 6.45) is 1.69. The molecule has 3 nitrogen and oxygen atoms in total. The number of rotatable bonds is 4. The van der Waals surface area contributed by atoms with Crippen LogP contribution in [0.1, 0.15) is 21.5 Å². The molecule has 0 radical (unpaired) electrons. The molecular formula is C20H17ClN2O. The topological polar surface area (TPSA) is 33.2 Å². The molecule has 4 heteroatoms. The molecule has 24 heavy (non-hydrogen) atoms. The van der Waals surface area contributed by atoms with Gasteiger partial charge in [-0.1, -0.05) is 47.5 Å². The van der Waals surface area contributed by atoms with Gasteiger partial charge in [0.25, 0.3) is 5.91 Å². The summed E-state index contributed by atoms with van der Waals surface area (Å²) in [5.41, 5.74) is 2.69. The standard InChI is InChI=1S/C20H17ClN2O/c1-15-5-4-6-17(13-15)20(24)23(19-7-2-3-12-22-19)14-16-8-10-18(21)11-9-16/h2-13H,14H2,1H3. The number of carbonyl (C=O) groups is 1. The van der Waals surface area contributed by atoms with Crippen LogP contribution in [0.25, 0.3) is 0 Å². The molecule has 0 saturated heterocycles. The molecule has 3 rings (SSSR count). The van der Waals surface area contributed by atoms with E-state index in [2.05, 4.69) is 4.98 Å². The normalized spacial score (nSPS) is 10.4. The van der Waals surface area contributed by atoms with Gasteiger partial charge in [0.15, 0.2) is 0 Å². The number of nitrogens with zero attached hydrogens (tertiary/aromatic N) is 2. The van der Waals surface area contributed by atoms with E-state index in [1.165, 1.54) is 0 Å². The molecule has 0 N–H and O–H groups in total. The number of benzene rings is 2. The highest BCUT2D eigenvalue weighted by atomic mass is 35.5. The molecule has 1 heterocycles. The number of aryl methyl sites for hydroxylation is 1. The Morgan fingerprint density at radius 3 is 2.50 bits per heavy atom. The number of hydrogen-bond acceptors (Lipinski definition) is 2. The monoisotopic (exact) mass is 336 g/mol. The lowest BCUT2D eigenvalue weighted by molar-refractivity contribution is 0.0984. The zero-order valence-corrected chi connectivity index (χ0v) is 14.1. The largest absolute Gasteiger partial charge is 0.288 e. The zero-order chi connectivity index (χ0) is 16.9. The van der Waals surface area contributed by atoms with Crippen molar-refractivity contribution in [3.05, 3.63) is 94.6 Å². The van der Waals surface area contributed by atoms with Gasteiger partial charge in [-0.15, -0.1) is 0 Å². The van der Waals surface area contributed by atoms with Gasteiger partial charge in [0.2, 0.25) is 0 Å². The predicted octanol–water partition coefficient (Wildman–Crippen LogP) is 4.89. The summed E-state index contributed by atoms with van der Waals surface area (Å²) in [7, 11) is 0. The number of amides is 1. The van der Waals surface area contributed by atoms with Gasteiger partial charge in [-0.2, -0.15) is 0 Å². The van der Waals surface area contributed by atoms with Crippen LogP contribution in [0.4, 0.5) is 5.82 Å². The minimum absolute atomic E-state index is 0.0765. The van der Waals surface area contributed by atoms with Gasteiger partial charge in [-0.25, -0.2) is 4.98 Å². The fourth-order valence-corrected chi connectivity index (χ4v) is 2.60. The molecule has 1 aromatic heterocycles. The van der Waals surface area contributed by atoms with Gasteiger partial charge in [-0.05, 0) is 48.9 Å². The molecule has 2 aromatic carbocycles. The molecular weight excluding hydrogens is 320 g/mol. The third kappa shape index (κ3) is 3.81. The first-order valence-corrected chi connectivity index (χ1v) is 8.05. The van der Waals surface area contributed by atoms with Crippen LogP contribution in [0, 0.1) is 6.92 Å². The first kappa shape index (κ1) is 16.2. The Balaban J connectivity index is 1.96. The van der Waals surface area contributed by atoms with Gasteiger partial charge >= 0.3 is 0 Å². The van der Waals surface area contributed by atoms with Crippen LogP contribution in [0.2, 0.25) is 5.02 Å². The van der Waals surface area contributed by atoms with E-state index in [4.69, 9.17) is 11.6 Å². The van der Waals surface area contributed by atoms with Crippen LogP contribution >= 0.6 is 11.6 Å². The SMILES string of the molecule is Cc1cccc(C(=O)N(Cc2ccc(Cl)cc2)c2ccccn2)c1. The molecule has 0 fully saturated rings. The quantitative estimate of drug-likeness (QED) is 0.679. The van der Waals surface area contributed by atoms with Crippen molar-refractivity contribution < 1.29 is 4.79 Å². The lowest BCUT2D eigenvalue weighted by Gasteiger charge is -2.22. The molecule has 0 unspecified atom stereocenters. The Bertz CT molecular complexity index is 832. The summed E-state index contributed by atoms with van der Waals surface area (Å²) in [5, 5.41) is 0.674. The van der Waals surface area contributed by atoms with Gasteiger partial charge in [-0.3, -0.25) is 9.69 Å². The van der Waals surface area contributed by atoms with Crippen molar-refractivity contribution in [2.75, 3.05) is 4.90 Å². The van der Waals surface area contributed by atoms with E-state index < -0.39 is 0 Å². The second-order valence-electron chi connectivity index (χ2n) is 5.58. The third-order valence-electron chi connectivity index (χ3n) is 3.69. The molecule has 0 bridgehead atoms. The number of hydrogen-bond donors (Lipinski definition) is 0. The summed E-state index contributed by atoms with van der Waals surface area (Å²) in [5.74, 6) is 0.548.